The molecule has 0 saturated heterocycles. The molecule has 0 spiro atoms. The average Bonchev–Trinajstić information content (AvgIpc) is 2.65. The van der Waals surface area contributed by atoms with E-state index in [1.165, 1.54) is 0 Å². The number of halogens is 2. The lowest BCUT2D eigenvalue weighted by Crippen LogP contribution is -2.10. The molecule has 0 atom stereocenters. The second-order valence-electron chi connectivity index (χ2n) is 4.82. The van der Waals surface area contributed by atoms with Crippen molar-refractivity contribution in [2.24, 2.45) is 7.05 Å². The molecule has 0 fully saturated rings. The van der Waals surface area contributed by atoms with Gasteiger partial charge in [0, 0.05) is 17.2 Å². The minimum atomic E-state index is -0.304. The molecule has 112 valence electrons. The zero-order valence-corrected chi connectivity index (χ0v) is 14.5. The second kappa shape index (κ2) is 6.62. The Morgan fingerprint density at radius 1 is 1.43 bits per heavy atom. The number of esters is 1. The van der Waals surface area contributed by atoms with Gasteiger partial charge in [-0.15, -0.1) is 0 Å². The average molecular weight is 372 g/mol. The first-order chi connectivity index (χ1) is 9.88. The minimum Gasteiger partial charge on any atom is -0.425 e. The van der Waals surface area contributed by atoms with E-state index in [-0.39, 0.29) is 5.97 Å². The highest BCUT2D eigenvalue weighted by molar-refractivity contribution is 9.10. The van der Waals surface area contributed by atoms with E-state index >= 15 is 0 Å². The number of nitrogens with zero attached hydrogens (tertiary/aromatic N) is 2. The summed E-state index contributed by atoms with van der Waals surface area (Å²) < 4.78 is 7.95. The molecule has 0 bridgehead atoms. The molecule has 1 aromatic carbocycles. The van der Waals surface area contributed by atoms with Gasteiger partial charge in [-0.25, -0.2) is 0 Å². The molecule has 2 aromatic rings. The zero-order valence-electron chi connectivity index (χ0n) is 12.1. The van der Waals surface area contributed by atoms with Crippen molar-refractivity contribution in [1.29, 1.82) is 0 Å². The predicted molar refractivity (Wildman–Crippen MR) is 85.8 cm³/mol. The predicted octanol–water partition coefficient (Wildman–Crippen LogP) is 3.99. The SMILES string of the molecule is Cc1nn(C)c(C)c1CCC(=O)Oc1ccc(Br)cc1Cl. The summed E-state index contributed by atoms with van der Waals surface area (Å²) in [5, 5.41) is 4.74. The van der Waals surface area contributed by atoms with E-state index in [9.17, 15) is 4.79 Å². The molecule has 6 heteroatoms. The first kappa shape index (κ1) is 16.0. The largest absolute Gasteiger partial charge is 0.425 e. The summed E-state index contributed by atoms with van der Waals surface area (Å²) >= 11 is 9.33. The molecule has 21 heavy (non-hydrogen) atoms. The number of aromatic nitrogens is 2. The normalized spacial score (nSPS) is 10.7. The van der Waals surface area contributed by atoms with Gasteiger partial charge < -0.3 is 4.74 Å². The third-order valence-corrected chi connectivity index (χ3v) is 4.14. The van der Waals surface area contributed by atoms with E-state index < -0.39 is 0 Å². The lowest BCUT2D eigenvalue weighted by Gasteiger charge is -2.07. The van der Waals surface area contributed by atoms with Crippen molar-refractivity contribution in [3.8, 4) is 5.75 Å². The van der Waals surface area contributed by atoms with E-state index in [0.717, 1.165) is 21.4 Å². The summed E-state index contributed by atoms with van der Waals surface area (Å²) in [5.41, 5.74) is 3.11. The van der Waals surface area contributed by atoms with Crippen LogP contribution in [0.3, 0.4) is 0 Å². The van der Waals surface area contributed by atoms with Gasteiger partial charge in [-0.1, -0.05) is 27.5 Å². The summed E-state index contributed by atoms with van der Waals surface area (Å²) in [4.78, 5) is 11.9. The lowest BCUT2D eigenvalue weighted by molar-refractivity contribution is -0.134. The second-order valence-corrected chi connectivity index (χ2v) is 6.14. The van der Waals surface area contributed by atoms with Gasteiger partial charge in [-0.05, 0) is 44.0 Å². The third kappa shape index (κ3) is 3.86. The maximum atomic E-state index is 11.9. The molecule has 0 aliphatic carbocycles. The summed E-state index contributed by atoms with van der Waals surface area (Å²) in [6.45, 7) is 3.94. The van der Waals surface area contributed by atoms with Crippen LogP contribution in [0.1, 0.15) is 23.4 Å². The van der Waals surface area contributed by atoms with Crippen LogP contribution in [-0.2, 0) is 18.3 Å². The molecule has 0 aliphatic heterocycles. The molecule has 4 nitrogen and oxygen atoms in total. The Balaban J connectivity index is 1.99. The number of carbonyl (C=O) groups is 1. The van der Waals surface area contributed by atoms with Crippen molar-refractivity contribution in [3.63, 3.8) is 0 Å². The summed E-state index contributed by atoms with van der Waals surface area (Å²) in [5.74, 6) is 0.0753. The van der Waals surface area contributed by atoms with Crippen molar-refractivity contribution in [3.05, 3.63) is 44.6 Å². The van der Waals surface area contributed by atoms with E-state index in [4.69, 9.17) is 16.3 Å². The van der Waals surface area contributed by atoms with Crippen LogP contribution in [0.2, 0.25) is 5.02 Å². The molecule has 0 saturated carbocycles. The molecule has 1 heterocycles. The summed E-state index contributed by atoms with van der Waals surface area (Å²) in [7, 11) is 1.89. The molecule has 1 aromatic heterocycles. The van der Waals surface area contributed by atoms with Gasteiger partial charge in [0.15, 0.2) is 0 Å². The van der Waals surface area contributed by atoms with Crippen molar-refractivity contribution in [2.75, 3.05) is 0 Å². The standard InChI is InChI=1S/C15H16BrClN2O2/c1-9-12(10(2)19(3)18-9)5-7-15(20)21-14-6-4-11(16)8-13(14)17/h4,6,8H,5,7H2,1-3H3. The van der Waals surface area contributed by atoms with Gasteiger partial charge in [-0.3, -0.25) is 9.48 Å². The molecular weight excluding hydrogens is 356 g/mol. The van der Waals surface area contributed by atoms with Crippen molar-refractivity contribution < 1.29 is 9.53 Å². The van der Waals surface area contributed by atoms with Gasteiger partial charge >= 0.3 is 5.97 Å². The topological polar surface area (TPSA) is 44.1 Å². The Morgan fingerprint density at radius 2 is 2.14 bits per heavy atom. The highest BCUT2D eigenvalue weighted by Crippen LogP contribution is 2.28. The van der Waals surface area contributed by atoms with Gasteiger partial charge in [0.05, 0.1) is 17.1 Å². The fourth-order valence-corrected chi connectivity index (χ4v) is 2.85. The van der Waals surface area contributed by atoms with Crippen LogP contribution in [0.5, 0.6) is 5.75 Å². The third-order valence-electron chi connectivity index (χ3n) is 3.36. The molecule has 2 rings (SSSR count). The Kier molecular flexibility index (Phi) is 5.06. The fraction of sp³-hybridized carbons (Fsp3) is 0.333. The smallest absolute Gasteiger partial charge is 0.311 e. The molecule has 0 amide bonds. The molecule has 0 unspecified atom stereocenters. The number of carbonyl (C=O) groups excluding carboxylic acids is 1. The Hall–Kier alpha value is -1.33. The maximum absolute atomic E-state index is 11.9. The highest BCUT2D eigenvalue weighted by atomic mass is 79.9. The van der Waals surface area contributed by atoms with E-state index in [0.29, 0.717) is 23.6 Å². The van der Waals surface area contributed by atoms with Crippen LogP contribution in [0.25, 0.3) is 0 Å². The maximum Gasteiger partial charge on any atom is 0.311 e. The van der Waals surface area contributed by atoms with Crippen molar-refractivity contribution in [1.82, 2.24) is 9.78 Å². The molecule has 0 aliphatic rings. The first-order valence-electron chi connectivity index (χ1n) is 6.53. The van der Waals surface area contributed by atoms with Gasteiger partial charge in [0.2, 0.25) is 0 Å². The van der Waals surface area contributed by atoms with Crippen LogP contribution < -0.4 is 4.74 Å². The molecule has 0 N–H and O–H groups in total. The number of hydrogen-bond donors (Lipinski definition) is 0. The van der Waals surface area contributed by atoms with Crippen molar-refractivity contribution in [2.45, 2.75) is 26.7 Å². The Morgan fingerprint density at radius 3 is 2.71 bits per heavy atom. The van der Waals surface area contributed by atoms with Gasteiger partial charge in [-0.2, -0.15) is 5.10 Å². The summed E-state index contributed by atoms with van der Waals surface area (Å²) in [6.07, 6.45) is 0.901. The van der Waals surface area contributed by atoms with Crippen molar-refractivity contribution >= 4 is 33.5 Å². The van der Waals surface area contributed by atoms with Crippen LogP contribution in [0.4, 0.5) is 0 Å². The Labute approximate surface area is 137 Å². The van der Waals surface area contributed by atoms with E-state index in [2.05, 4.69) is 21.0 Å². The number of ether oxygens (including phenoxy) is 1. The molecule has 0 radical (unpaired) electrons. The quantitative estimate of drug-likeness (QED) is 0.603. The number of hydrogen-bond acceptors (Lipinski definition) is 3. The zero-order chi connectivity index (χ0) is 15.6. The van der Waals surface area contributed by atoms with E-state index in [1.807, 2.05) is 25.6 Å². The monoisotopic (exact) mass is 370 g/mol. The minimum absolute atomic E-state index is 0.291. The van der Waals surface area contributed by atoms with Crippen LogP contribution >= 0.6 is 27.5 Å². The first-order valence-corrected chi connectivity index (χ1v) is 7.70. The van der Waals surface area contributed by atoms with Gasteiger partial charge in [0.1, 0.15) is 5.75 Å². The summed E-state index contributed by atoms with van der Waals surface area (Å²) in [6, 6.07) is 5.15. The Bertz CT molecular complexity index is 683. The van der Waals surface area contributed by atoms with Crippen LogP contribution in [0, 0.1) is 13.8 Å². The number of aryl methyl sites for hydroxylation is 2. The van der Waals surface area contributed by atoms with E-state index in [1.54, 1.807) is 18.2 Å². The lowest BCUT2D eigenvalue weighted by atomic mass is 10.1. The van der Waals surface area contributed by atoms with Gasteiger partial charge in [0.25, 0.3) is 0 Å². The van der Waals surface area contributed by atoms with Crippen LogP contribution in [-0.4, -0.2) is 15.7 Å². The number of benzene rings is 1. The highest BCUT2D eigenvalue weighted by Gasteiger charge is 2.13. The van der Waals surface area contributed by atoms with Crippen LogP contribution in [0.15, 0.2) is 22.7 Å². The number of rotatable bonds is 4. The molecular formula is C15H16BrClN2O2. The fourth-order valence-electron chi connectivity index (χ4n) is 2.14.